The van der Waals surface area contributed by atoms with Gasteiger partial charge in [0.2, 0.25) is 0 Å². The van der Waals surface area contributed by atoms with Gasteiger partial charge in [0.25, 0.3) is 0 Å². The van der Waals surface area contributed by atoms with E-state index in [0.29, 0.717) is 11.6 Å². The summed E-state index contributed by atoms with van der Waals surface area (Å²) in [5, 5.41) is 19.7. The molecule has 220 valence electrons. The summed E-state index contributed by atoms with van der Waals surface area (Å²) < 4.78 is 40.6. The number of amides is 1. The molecular weight excluding hydrogens is 558 g/mol. The highest BCUT2D eigenvalue weighted by molar-refractivity contribution is 7.80. The molecule has 11 nitrogen and oxygen atoms in total. The summed E-state index contributed by atoms with van der Waals surface area (Å²) in [6.45, 7) is 6.00. The van der Waals surface area contributed by atoms with Crippen LogP contribution in [0.2, 0.25) is 0 Å². The lowest BCUT2D eigenvalue weighted by molar-refractivity contribution is -0.142. The normalized spacial score (nSPS) is 14.2. The first-order valence-electron chi connectivity index (χ1n) is 12.5. The Kier molecular flexibility index (Phi) is 9.94. The molecule has 1 heterocycles. The molecule has 2 aromatic carbocycles. The lowest BCUT2D eigenvalue weighted by atomic mass is 9.86. The third-order valence-electron chi connectivity index (χ3n) is 6.01. The van der Waals surface area contributed by atoms with Crippen molar-refractivity contribution in [2.24, 2.45) is 0 Å². The topological polar surface area (TPSA) is 131 Å². The highest BCUT2D eigenvalue weighted by Gasteiger charge is 2.44. The van der Waals surface area contributed by atoms with Gasteiger partial charge in [0.15, 0.2) is 11.2 Å². The molecular formula is C27H32F2N6O5S. The van der Waals surface area contributed by atoms with Crippen molar-refractivity contribution in [2.75, 3.05) is 7.11 Å². The number of methoxy groups -OCH3 is 1. The van der Waals surface area contributed by atoms with Gasteiger partial charge < -0.3 is 19.9 Å². The SMILES string of the molecule is COC(=O)[C@@H](NC(=S)N(NC(=O)OC(C)(C)C)[C@H](C)[C@](O)(Cn1cncn1)c1ccc(F)cc1F)c1ccccc1. The van der Waals surface area contributed by atoms with Crippen molar-refractivity contribution < 1.29 is 33.0 Å². The van der Waals surface area contributed by atoms with Crippen molar-refractivity contribution in [1.29, 1.82) is 0 Å². The summed E-state index contributed by atoms with van der Waals surface area (Å²) >= 11 is 5.61. The number of aromatic nitrogens is 3. The Labute approximate surface area is 241 Å². The summed E-state index contributed by atoms with van der Waals surface area (Å²) in [6, 6.07) is 8.82. The summed E-state index contributed by atoms with van der Waals surface area (Å²) in [6.07, 6.45) is 1.56. The van der Waals surface area contributed by atoms with Crippen LogP contribution in [0.15, 0.2) is 61.2 Å². The summed E-state index contributed by atoms with van der Waals surface area (Å²) in [5.41, 5.74) is -0.449. The fourth-order valence-corrected chi connectivity index (χ4v) is 4.34. The number of carbonyl (C=O) groups is 2. The number of nitrogens with zero attached hydrogens (tertiary/aromatic N) is 4. The van der Waals surface area contributed by atoms with Crippen LogP contribution in [0.4, 0.5) is 13.6 Å². The maximum Gasteiger partial charge on any atom is 0.426 e. The van der Waals surface area contributed by atoms with Crippen molar-refractivity contribution in [2.45, 2.75) is 57.5 Å². The van der Waals surface area contributed by atoms with Crippen molar-refractivity contribution >= 4 is 29.4 Å². The minimum atomic E-state index is -2.21. The van der Waals surface area contributed by atoms with E-state index < -0.39 is 47.0 Å². The maximum atomic E-state index is 15.2. The fourth-order valence-electron chi connectivity index (χ4n) is 4.02. The molecule has 0 radical (unpaired) electrons. The number of aliphatic hydroxyl groups is 1. The van der Waals surface area contributed by atoms with Crippen LogP contribution in [0.1, 0.15) is 44.9 Å². The number of nitrogens with one attached hydrogen (secondary N) is 2. The Balaban J connectivity index is 2.09. The predicted octanol–water partition coefficient (Wildman–Crippen LogP) is 3.36. The molecule has 0 bridgehead atoms. The summed E-state index contributed by atoms with van der Waals surface area (Å²) in [7, 11) is 1.20. The number of ether oxygens (including phenoxy) is 2. The van der Waals surface area contributed by atoms with E-state index in [1.165, 1.54) is 31.4 Å². The zero-order valence-electron chi connectivity index (χ0n) is 23.2. The molecule has 3 rings (SSSR count). The van der Waals surface area contributed by atoms with Gasteiger partial charge in [-0.15, -0.1) is 0 Å². The highest BCUT2D eigenvalue weighted by Crippen LogP contribution is 2.33. The molecule has 0 spiro atoms. The average Bonchev–Trinajstić information content (AvgIpc) is 3.41. The Morgan fingerprint density at radius 1 is 1.17 bits per heavy atom. The van der Waals surface area contributed by atoms with Crippen LogP contribution in [0, 0.1) is 11.6 Å². The van der Waals surface area contributed by atoms with E-state index in [4.69, 9.17) is 21.7 Å². The zero-order valence-corrected chi connectivity index (χ0v) is 24.0. The predicted molar refractivity (Wildman–Crippen MR) is 148 cm³/mol. The van der Waals surface area contributed by atoms with Gasteiger partial charge in [0.1, 0.15) is 35.5 Å². The van der Waals surface area contributed by atoms with E-state index in [-0.39, 0.29) is 17.2 Å². The Morgan fingerprint density at radius 2 is 1.85 bits per heavy atom. The van der Waals surface area contributed by atoms with Crippen LogP contribution in [0.25, 0.3) is 0 Å². The van der Waals surface area contributed by atoms with Crippen molar-refractivity contribution in [3.63, 3.8) is 0 Å². The minimum absolute atomic E-state index is 0.248. The lowest BCUT2D eigenvalue weighted by Crippen LogP contribution is -2.62. The number of benzene rings is 2. The number of carbonyl (C=O) groups excluding carboxylic acids is 2. The molecule has 0 saturated heterocycles. The molecule has 41 heavy (non-hydrogen) atoms. The second kappa shape index (κ2) is 13.0. The van der Waals surface area contributed by atoms with Crippen LogP contribution >= 0.6 is 12.2 Å². The van der Waals surface area contributed by atoms with E-state index in [1.807, 2.05) is 0 Å². The maximum absolute atomic E-state index is 15.2. The molecule has 0 unspecified atom stereocenters. The Bertz CT molecular complexity index is 1360. The van der Waals surface area contributed by atoms with E-state index in [2.05, 4.69) is 20.8 Å². The molecule has 1 amide bonds. The third kappa shape index (κ3) is 7.95. The highest BCUT2D eigenvalue weighted by atomic mass is 32.1. The molecule has 3 N–H and O–H groups in total. The Morgan fingerprint density at radius 3 is 2.41 bits per heavy atom. The smallest absolute Gasteiger partial charge is 0.426 e. The molecule has 3 aromatic rings. The van der Waals surface area contributed by atoms with Gasteiger partial charge >= 0.3 is 12.1 Å². The van der Waals surface area contributed by atoms with Gasteiger partial charge in [0.05, 0.1) is 19.7 Å². The largest absolute Gasteiger partial charge is 0.467 e. The molecule has 3 atom stereocenters. The lowest BCUT2D eigenvalue weighted by Gasteiger charge is -2.42. The first-order valence-corrected chi connectivity index (χ1v) is 12.9. The van der Waals surface area contributed by atoms with Crippen LogP contribution in [0.3, 0.4) is 0 Å². The number of hydrogen-bond donors (Lipinski definition) is 3. The van der Waals surface area contributed by atoms with Gasteiger partial charge in [0, 0.05) is 11.6 Å². The van der Waals surface area contributed by atoms with Crippen LogP contribution in [-0.2, 0) is 26.4 Å². The number of halogens is 2. The van der Waals surface area contributed by atoms with E-state index in [9.17, 15) is 19.1 Å². The van der Waals surface area contributed by atoms with Gasteiger partial charge in [-0.3, -0.25) is 5.01 Å². The van der Waals surface area contributed by atoms with Crippen molar-refractivity contribution in [3.05, 3.63) is 83.9 Å². The van der Waals surface area contributed by atoms with Crippen molar-refractivity contribution in [3.8, 4) is 0 Å². The summed E-state index contributed by atoms with van der Waals surface area (Å²) in [4.78, 5) is 29.5. The fraction of sp³-hybridized carbons (Fsp3) is 0.370. The van der Waals surface area contributed by atoms with Crippen molar-refractivity contribution in [1.82, 2.24) is 30.5 Å². The number of esters is 1. The molecule has 0 saturated carbocycles. The summed E-state index contributed by atoms with van der Waals surface area (Å²) in [5.74, 6) is -2.59. The zero-order chi connectivity index (χ0) is 30.4. The molecule has 1 aromatic heterocycles. The van der Waals surface area contributed by atoms with Gasteiger partial charge in [-0.2, -0.15) is 5.10 Å². The van der Waals surface area contributed by atoms with Crippen LogP contribution in [0.5, 0.6) is 0 Å². The number of hydrazine groups is 1. The van der Waals surface area contributed by atoms with Gasteiger partial charge in [-0.1, -0.05) is 36.4 Å². The number of thiocarbonyl (C=S) groups is 1. The van der Waals surface area contributed by atoms with Gasteiger partial charge in [-0.25, -0.2) is 33.5 Å². The monoisotopic (exact) mass is 590 g/mol. The van der Waals surface area contributed by atoms with E-state index in [1.54, 1.807) is 51.1 Å². The second-order valence-corrected chi connectivity index (χ2v) is 10.5. The average molecular weight is 591 g/mol. The second-order valence-electron chi connectivity index (χ2n) is 10.1. The first-order chi connectivity index (χ1) is 19.2. The van der Waals surface area contributed by atoms with Gasteiger partial charge in [-0.05, 0) is 51.5 Å². The Hall–Kier alpha value is -4.17. The molecule has 0 aliphatic rings. The van der Waals surface area contributed by atoms with E-state index >= 15 is 4.39 Å². The molecule has 0 fully saturated rings. The van der Waals surface area contributed by atoms with Crippen LogP contribution < -0.4 is 10.7 Å². The third-order valence-corrected chi connectivity index (χ3v) is 6.33. The van der Waals surface area contributed by atoms with E-state index in [0.717, 1.165) is 17.1 Å². The van der Waals surface area contributed by atoms with Crippen LogP contribution in [-0.4, -0.2) is 60.8 Å². The minimum Gasteiger partial charge on any atom is -0.467 e. The number of rotatable bonds is 8. The molecule has 14 heteroatoms. The standard InChI is InChI=1S/C27H32F2N6O5S/c1-17(27(38,14-34-16-30-15-31-34)20-12-11-19(28)13-21(20)29)35(33-25(37)40-26(2,3)4)24(41)32-22(23(36)39-5)18-9-7-6-8-10-18/h6-13,15-17,22,38H,14H2,1-5H3,(H,32,41)(H,33,37)/t17-,22+,27-/m1/s1. The molecule has 0 aliphatic carbocycles. The first kappa shape index (κ1) is 31.4. The number of hydrogen-bond acceptors (Lipinski definition) is 8. The molecule has 0 aliphatic heterocycles. The quantitative estimate of drug-likeness (QED) is 0.204.